The van der Waals surface area contributed by atoms with Gasteiger partial charge in [0, 0.05) is 12.3 Å². The second-order valence-corrected chi connectivity index (χ2v) is 3.88. The Hall–Kier alpha value is -2.62. The third-order valence-corrected chi connectivity index (χ3v) is 2.72. The van der Waals surface area contributed by atoms with Crippen molar-refractivity contribution in [3.05, 3.63) is 69.2 Å². The minimum absolute atomic E-state index is 0.157. The maximum Gasteiger partial charge on any atom is 0.258 e. The molecule has 1 N–H and O–H groups in total. The fourth-order valence-electron chi connectivity index (χ4n) is 1.85. The SMILES string of the molecule is O=c1[nH]cccc1-c1cc(=O)c2ccccc2o1. The number of H-pyrrole nitrogens is 1. The van der Waals surface area contributed by atoms with Crippen LogP contribution in [0.3, 0.4) is 0 Å². The molecule has 0 radical (unpaired) electrons. The third-order valence-electron chi connectivity index (χ3n) is 2.72. The van der Waals surface area contributed by atoms with Crippen molar-refractivity contribution in [2.75, 3.05) is 0 Å². The number of benzene rings is 1. The van der Waals surface area contributed by atoms with Crippen LogP contribution in [0.1, 0.15) is 0 Å². The van der Waals surface area contributed by atoms with Crippen molar-refractivity contribution in [1.29, 1.82) is 0 Å². The molecule has 0 saturated carbocycles. The van der Waals surface area contributed by atoms with Crippen molar-refractivity contribution >= 4 is 11.0 Å². The van der Waals surface area contributed by atoms with E-state index in [4.69, 9.17) is 4.42 Å². The molecule has 2 heterocycles. The number of hydrogen-bond acceptors (Lipinski definition) is 3. The predicted octanol–water partition coefficient (Wildman–Crippen LogP) is 2.15. The summed E-state index contributed by atoms with van der Waals surface area (Å²) in [6.45, 7) is 0. The largest absolute Gasteiger partial charge is 0.456 e. The normalized spacial score (nSPS) is 10.7. The molecular weight excluding hydrogens is 230 g/mol. The van der Waals surface area contributed by atoms with E-state index >= 15 is 0 Å². The summed E-state index contributed by atoms with van der Waals surface area (Å²) >= 11 is 0. The van der Waals surface area contributed by atoms with Crippen molar-refractivity contribution in [3.63, 3.8) is 0 Å². The summed E-state index contributed by atoms with van der Waals surface area (Å²) in [5, 5.41) is 0.508. The Morgan fingerprint density at radius 1 is 1.00 bits per heavy atom. The van der Waals surface area contributed by atoms with Crippen molar-refractivity contribution in [1.82, 2.24) is 4.98 Å². The first-order valence-corrected chi connectivity index (χ1v) is 5.47. The van der Waals surface area contributed by atoms with Crippen LogP contribution in [0, 0.1) is 0 Å². The fraction of sp³-hybridized carbons (Fsp3) is 0. The molecule has 3 rings (SSSR count). The molecule has 0 fully saturated rings. The summed E-state index contributed by atoms with van der Waals surface area (Å²) in [4.78, 5) is 26.1. The fourth-order valence-corrected chi connectivity index (χ4v) is 1.85. The highest BCUT2D eigenvalue weighted by atomic mass is 16.3. The molecule has 88 valence electrons. The number of para-hydroxylation sites is 1. The average Bonchev–Trinajstić information content (AvgIpc) is 2.39. The molecule has 0 aliphatic carbocycles. The summed E-state index contributed by atoms with van der Waals surface area (Å²) in [6.07, 6.45) is 1.53. The highest BCUT2D eigenvalue weighted by Crippen LogP contribution is 2.18. The van der Waals surface area contributed by atoms with E-state index in [0.717, 1.165) is 0 Å². The Bertz CT molecular complexity index is 830. The molecule has 0 spiro atoms. The van der Waals surface area contributed by atoms with E-state index in [1.807, 2.05) is 0 Å². The number of nitrogens with one attached hydrogen (secondary N) is 1. The topological polar surface area (TPSA) is 63.1 Å². The van der Waals surface area contributed by atoms with Crippen LogP contribution in [0.5, 0.6) is 0 Å². The molecule has 4 nitrogen and oxygen atoms in total. The number of rotatable bonds is 1. The molecule has 0 unspecified atom stereocenters. The second-order valence-electron chi connectivity index (χ2n) is 3.88. The van der Waals surface area contributed by atoms with Crippen molar-refractivity contribution in [2.45, 2.75) is 0 Å². The number of hydrogen-bond donors (Lipinski definition) is 1. The highest BCUT2D eigenvalue weighted by Gasteiger charge is 2.08. The first kappa shape index (κ1) is 10.5. The first-order valence-electron chi connectivity index (χ1n) is 5.47. The molecular formula is C14H9NO3. The van der Waals surface area contributed by atoms with E-state index in [2.05, 4.69) is 4.98 Å². The van der Waals surface area contributed by atoms with Gasteiger partial charge >= 0.3 is 0 Å². The Labute approximate surface area is 102 Å². The minimum Gasteiger partial charge on any atom is -0.456 e. The lowest BCUT2D eigenvalue weighted by Gasteiger charge is -2.01. The molecule has 0 atom stereocenters. The van der Waals surface area contributed by atoms with Crippen molar-refractivity contribution in [3.8, 4) is 11.3 Å². The van der Waals surface area contributed by atoms with Gasteiger partial charge in [-0.2, -0.15) is 0 Å². The monoisotopic (exact) mass is 239 g/mol. The Morgan fingerprint density at radius 3 is 2.67 bits per heavy atom. The van der Waals surface area contributed by atoms with E-state index in [1.54, 1.807) is 36.4 Å². The van der Waals surface area contributed by atoms with Crippen molar-refractivity contribution in [2.24, 2.45) is 0 Å². The molecule has 1 aromatic carbocycles. The van der Waals surface area contributed by atoms with Gasteiger partial charge in [0.25, 0.3) is 5.56 Å². The van der Waals surface area contributed by atoms with Gasteiger partial charge in [-0.15, -0.1) is 0 Å². The highest BCUT2D eigenvalue weighted by molar-refractivity contribution is 5.78. The molecule has 0 aliphatic heterocycles. The lowest BCUT2D eigenvalue weighted by atomic mass is 10.1. The Balaban J connectivity index is 2.36. The first-order chi connectivity index (χ1) is 8.75. The van der Waals surface area contributed by atoms with Crippen molar-refractivity contribution < 1.29 is 4.42 Å². The van der Waals surface area contributed by atoms with Crippen LogP contribution in [-0.2, 0) is 0 Å². The van der Waals surface area contributed by atoms with Crippen LogP contribution in [0.15, 0.2) is 62.7 Å². The molecule has 0 amide bonds. The van der Waals surface area contributed by atoms with Gasteiger partial charge in [0.2, 0.25) is 0 Å². The summed E-state index contributed by atoms with van der Waals surface area (Å²) in [5.74, 6) is 0.278. The van der Waals surface area contributed by atoms with Gasteiger partial charge in [-0.3, -0.25) is 9.59 Å². The maximum absolute atomic E-state index is 11.9. The minimum atomic E-state index is -0.282. The number of fused-ring (bicyclic) bond motifs is 1. The van der Waals surface area contributed by atoms with E-state index in [9.17, 15) is 9.59 Å². The van der Waals surface area contributed by atoms with Gasteiger partial charge in [0.1, 0.15) is 11.3 Å². The van der Waals surface area contributed by atoms with Crippen LogP contribution in [0.2, 0.25) is 0 Å². The molecule has 0 bridgehead atoms. The summed E-state index contributed by atoms with van der Waals surface area (Å²) in [6, 6.07) is 11.6. The molecule has 0 saturated heterocycles. The lowest BCUT2D eigenvalue weighted by Crippen LogP contribution is -2.09. The standard InChI is InChI=1S/C14H9NO3/c16-11-8-13(10-5-3-7-15-14(10)17)18-12-6-2-1-4-9(11)12/h1-8H,(H,15,17). The van der Waals surface area contributed by atoms with E-state index < -0.39 is 0 Å². The van der Waals surface area contributed by atoms with E-state index in [1.165, 1.54) is 12.3 Å². The van der Waals surface area contributed by atoms with E-state index in [-0.39, 0.29) is 16.7 Å². The van der Waals surface area contributed by atoms with Crippen LogP contribution < -0.4 is 11.0 Å². The number of aromatic nitrogens is 1. The molecule has 0 aliphatic rings. The van der Waals surface area contributed by atoms with Gasteiger partial charge < -0.3 is 9.40 Å². The predicted molar refractivity (Wildman–Crippen MR) is 68.5 cm³/mol. The molecule has 3 aromatic rings. The van der Waals surface area contributed by atoms with Crippen LogP contribution in [0.25, 0.3) is 22.3 Å². The zero-order valence-corrected chi connectivity index (χ0v) is 9.34. The summed E-state index contributed by atoms with van der Waals surface area (Å²) in [5.41, 5.74) is 0.384. The smallest absolute Gasteiger partial charge is 0.258 e. The van der Waals surface area contributed by atoms with Gasteiger partial charge in [0.15, 0.2) is 5.43 Å². The zero-order valence-electron chi connectivity index (χ0n) is 9.34. The van der Waals surface area contributed by atoms with Crippen LogP contribution in [0.4, 0.5) is 0 Å². The maximum atomic E-state index is 11.9. The molecule has 18 heavy (non-hydrogen) atoms. The number of aromatic amines is 1. The van der Waals surface area contributed by atoms with Gasteiger partial charge in [0.05, 0.1) is 10.9 Å². The van der Waals surface area contributed by atoms with Gasteiger partial charge in [-0.05, 0) is 24.3 Å². The van der Waals surface area contributed by atoms with Crippen LogP contribution in [-0.4, -0.2) is 4.98 Å². The third kappa shape index (κ3) is 1.64. The molecule has 2 aromatic heterocycles. The van der Waals surface area contributed by atoms with E-state index in [0.29, 0.717) is 16.5 Å². The Morgan fingerprint density at radius 2 is 1.83 bits per heavy atom. The van der Waals surface area contributed by atoms with Gasteiger partial charge in [-0.1, -0.05) is 12.1 Å². The number of pyridine rings is 1. The summed E-state index contributed by atoms with van der Waals surface area (Å²) in [7, 11) is 0. The van der Waals surface area contributed by atoms with Crippen LogP contribution >= 0.6 is 0 Å². The Kier molecular flexibility index (Phi) is 2.34. The quantitative estimate of drug-likeness (QED) is 0.707. The molecule has 4 heteroatoms. The summed E-state index contributed by atoms with van der Waals surface area (Å²) < 4.78 is 5.59. The second kappa shape index (κ2) is 4.00. The average molecular weight is 239 g/mol. The zero-order chi connectivity index (χ0) is 12.5. The van der Waals surface area contributed by atoms with Gasteiger partial charge in [-0.25, -0.2) is 0 Å². The lowest BCUT2D eigenvalue weighted by molar-refractivity contribution is 0.618.